The van der Waals surface area contributed by atoms with Crippen molar-refractivity contribution in [3.8, 4) is 0 Å². The number of hydrogen-bond acceptors (Lipinski definition) is 3. The predicted molar refractivity (Wildman–Crippen MR) is 57.0 cm³/mol. The van der Waals surface area contributed by atoms with E-state index in [1.165, 1.54) is 11.3 Å². The third-order valence-electron chi connectivity index (χ3n) is 2.65. The fourth-order valence-corrected chi connectivity index (χ4v) is 1.66. The van der Waals surface area contributed by atoms with Gasteiger partial charge in [0.1, 0.15) is 0 Å². The minimum Gasteiger partial charge on any atom is -0.400 e. The maximum Gasteiger partial charge on any atom is 0.0464 e. The molecule has 0 amide bonds. The fourth-order valence-electron chi connectivity index (χ4n) is 1.66. The maximum absolute atomic E-state index is 7.00. The molecule has 1 N–H and O–H groups in total. The van der Waals surface area contributed by atoms with Crippen LogP contribution >= 0.6 is 0 Å². The molecule has 3 heteroatoms. The van der Waals surface area contributed by atoms with Crippen molar-refractivity contribution in [2.45, 2.75) is 25.9 Å². The molecule has 1 aromatic rings. The molecule has 0 saturated carbocycles. The molecule has 0 radical (unpaired) electrons. The van der Waals surface area contributed by atoms with Crippen molar-refractivity contribution in [3.05, 3.63) is 29.6 Å². The molecule has 2 heterocycles. The van der Waals surface area contributed by atoms with Gasteiger partial charge in [-0.3, -0.25) is 9.88 Å². The van der Waals surface area contributed by atoms with Crippen LogP contribution in [0.3, 0.4) is 0 Å². The van der Waals surface area contributed by atoms with E-state index in [-0.39, 0.29) is 0 Å². The topological polar surface area (TPSA) is 36.4 Å². The van der Waals surface area contributed by atoms with Crippen LogP contribution in [0, 0.1) is 0 Å². The highest BCUT2D eigenvalue weighted by Crippen LogP contribution is 2.18. The Bertz CT molecular complexity index is 259. The maximum atomic E-state index is 7.00. The van der Waals surface area contributed by atoms with E-state index in [2.05, 4.69) is 29.9 Å². The molecule has 0 saturated heterocycles. The van der Waals surface area contributed by atoms with E-state index in [0.717, 1.165) is 20.1 Å². The smallest absolute Gasteiger partial charge is 0.0464 e. The van der Waals surface area contributed by atoms with E-state index in [1.807, 2.05) is 12.3 Å². The highest BCUT2D eigenvalue weighted by Gasteiger charge is 2.19. The average molecular weight is 194 g/mol. The number of hydrogen-bond donors (Lipinski definition) is 1. The number of aromatic nitrogens is 1. The molecule has 2 rings (SSSR count). The Labute approximate surface area is 85.4 Å². The van der Waals surface area contributed by atoms with Crippen molar-refractivity contribution >= 4 is 0 Å². The summed E-state index contributed by atoms with van der Waals surface area (Å²) in [5.41, 5.74) is 2.67. The zero-order valence-corrected chi connectivity index (χ0v) is 9.07. The number of aliphatic hydroxyl groups excluding tert-OH is 1. The van der Waals surface area contributed by atoms with Crippen LogP contribution in [0.5, 0.6) is 0 Å². The Morgan fingerprint density at radius 2 is 2.21 bits per heavy atom. The summed E-state index contributed by atoms with van der Waals surface area (Å²) in [6.45, 7) is 3.29. The highest BCUT2D eigenvalue weighted by molar-refractivity contribution is 5.22. The van der Waals surface area contributed by atoms with Gasteiger partial charge in [-0.15, -0.1) is 0 Å². The zero-order chi connectivity index (χ0) is 10.6. The molecule has 3 nitrogen and oxygen atoms in total. The number of rotatable bonds is 0. The summed E-state index contributed by atoms with van der Waals surface area (Å²) in [7, 11) is 3.17. The van der Waals surface area contributed by atoms with Crippen LogP contribution < -0.4 is 0 Å². The first kappa shape index (κ1) is 11.1. The van der Waals surface area contributed by atoms with Crippen LogP contribution in [-0.4, -0.2) is 35.2 Å². The third-order valence-corrected chi connectivity index (χ3v) is 2.65. The first-order chi connectivity index (χ1) is 6.77. The first-order valence-electron chi connectivity index (χ1n) is 4.85. The molecule has 1 unspecified atom stereocenters. The molecule has 0 aromatic carbocycles. The zero-order valence-electron chi connectivity index (χ0n) is 9.07. The van der Waals surface area contributed by atoms with Crippen molar-refractivity contribution < 1.29 is 5.11 Å². The third kappa shape index (κ3) is 2.30. The van der Waals surface area contributed by atoms with Gasteiger partial charge in [0.05, 0.1) is 0 Å². The standard InChI is InChI=1S/C10H14N2.CH4O/c1-8-6-10-9(7-12(8)2)4-3-5-11-10;1-2/h3-5,8H,6-7H2,1-2H3;2H,1H3. The van der Waals surface area contributed by atoms with Gasteiger partial charge in [0.2, 0.25) is 0 Å². The lowest BCUT2D eigenvalue weighted by atomic mass is 10.0. The summed E-state index contributed by atoms with van der Waals surface area (Å²) >= 11 is 0. The Morgan fingerprint density at radius 1 is 1.50 bits per heavy atom. The van der Waals surface area contributed by atoms with E-state index in [1.54, 1.807) is 0 Å². The van der Waals surface area contributed by atoms with E-state index >= 15 is 0 Å². The van der Waals surface area contributed by atoms with Gasteiger partial charge in [-0.25, -0.2) is 0 Å². The summed E-state index contributed by atoms with van der Waals surface area (Å²) in [5.74, 6) is 0. The minimum absolute atomic E-state index is 0.632. The second kappa shape index (κ2) is 5.08. The molecule has 78 valence electrons. The molecular formula is C11H18N2O. The van der Waals surface area contributed by atoms with Gasteiger partial charge in [-0.2, -0.15) is 0 Å². The molecule has 0 aliphatic carbocycles. The number of fused-ring (bicyclic) bond motifs is 1. The highest BCUT2D eigenvalue weighted by atomic mass is 16.2. The van der Waals surface area contributed by atoms with Crippen molar-refractivity contribution in [1.29, 1.82) is 0 Å². The monoisotopic (exact) mass is 194 g/mol. The molecule has 0 fully saturated rings. The van der Waals surface area contributed by atoms with Gasteiger partial charge in [0, 0.05) is 38.0 Å². The summed E-state index contributed by atoms with van der Waals surface area (Å²) in [6.07, 6.45) is 2.98. The summed E-state index contributed by atoms with van der Waals surface area (Å²) in [5, 5.41) is 7.00. The quantitative estimate of drug-likeness (QED) is 0.671. The van der Waals surface area contributed by atoms with E-state index in [4.69, 9.17) is 5.11 Å². The van der Waals surface area contributed by atoms with Crippen LogP contribution in [0.15, 0.2) is 18.3 Å². The molecule has 0 spiro atoms. The lowest BCUT2D eigenvalue weighted by Crippen LogP contribution is -2.35. The van der Waals surface area contributed by atoms with Gasteiger partial charge in [0.15, 0.2) is 0 Å². The summed E-state index contributed by atoms with van der Waals surface area (Å²) in [4.78, 5) is 6.74. The van der Waals surface area contributed by atoms with Crippen LogP contribution in [0.2, 0.25) is 0 Å². The van der Waals surface area contributed by atoms with Crippen molar-refractivity contribution in [2.75, 3.05) is 14.2 Å². The van der Waals surface area contributed by atoms with Gasteiger partial charge in [-0.05, 0) is 25.6 Å². The number of pyridine rings is 1. The first-order valence-corrected chi connectivity index (χ1v) is 4.85. The normalized spacial score (nSPS) is 20.7. The van der Waals surface area contributed by atoms with Crippen LogP contribution in [0.4, 0.5) is 0 Å². The Morgan fingerprint density at radius 3 is 2.93 bits per heavy atom. The van der Waals surface area contributed by atoms with Crippen molar-refractivity contribution in [1.82, 2.24) is 9.88 Å². The summed E-state index contributed by atoms with van der Waals surface area (Å²) < 4.78 is 0. The number of likely N-dealkylation sites (N-methyl/N-ethyl adjacent to an activating group) is 1. The van der Waals surface area contributed by atoms with Crippen molar-refractivity contribution in [3.63, 3.8) is 0 Å². The second-order valence-corrected chi connectivity index (χ2v) is 3.58. The average Bonchev–Trinajstić information content (AvgIpc) is 2.23. The molecule has 0 bridgehead atoms. The second-order valence-electron chi connectivity index (χ2n) is 3.58. The Balaban J connectivity index is 0.000000461. The van der Waals surface area contributed by atoms with Crippen LogP contribution in [-0.2, 0) is 13.0 Å². The molecular weight excluding hydrogens is 176 g/mol. The van der Waals surface area contributed by atoms with E-state index < -0.39 is 0 Å². The van der Waals surface area contributed by atoms with Crippen LogP contribution in [0.1, 0.15) is 18.2 Å². The molecule has 1 atom stereocenters. The SMILES string of the molecule is CC1Cc2ncccc2CN1C.CO. The van der Waals surface area contributed by atoms with Gasteiger partial charge in [0.25, 0.3) is 0 Å². The molecule has 1 aliphatic heterocycles. The van der Waals surface area contributed by atoms with E-state index in [0.29, 0.717) is 6.04 Å². The molecule has 14 heavy (non-hydrogen) atoms. The number of nitrogens with zero attached hydrogens (tertiary/aromatic N) is 2. The Hall–Kier alpha value is -0.930. The van der Waals surface area contributed by atoms with Gasteiger partial charge >= 0.3 is 0 Å². The summed E-state index contributed by atoms with van der Waals surface area (Å²) in [6, 6.07) is 4.82. The van der Waals surface area contributed by atoms with Gasteiger partial charge < -0.3 is 5.11 Å². The molecule has 1 aromatic heterocycles. The lowest BCUT2D eigenvalue weighted by molar-refractivity contribution is 0.228. The van der Waals surface area contributed by atoms with Crippen molar-refractivity contribution in [2.24, 2.45) is 0 Å². The number of aliphatic hydroxyl groups is 1. The largest absolute Gasteiger partial charge is 0.400 e. The lowest BCUT2D eigenvalue weighted by Gasteiger charge is -2.30. The van der Waals surface area contributed by atoms with Gasteiger partial charge in [-0.1, -0.05) is 6.07 Å². The van der Waals surface area contributed by atoms with Crippen LogP contribution in [0.25, 0.3) is 0 Å². The minimum atomic E-state index is 0.632. The van der Waals surface area contributed by atoms with E-state index in [9.17, 15) is 0 Å². The molecule has 1 aliphatic rings. The Kier molecular flexibility index (Phi) is 4.04. The fraction of sp³-hybridized carbons (Fsp3) is 0.545. The predicted octanol–water partition coefficient (Wildman–Crippen LogP) is 1.07.